The summed E-state index contributed by atoms with van der Waals surface area (Å²) in [5, 5.41) is 2.87. The van der Waals surface area contributed by atoms with Gasteiger partial charge in [0.05, 0.1) is 19.4 Å². The Labute approximate surface area is 165 Å². The van der Waals surface area contributed by atoms with Gasteiger partial charge in [0, 0.05) is 23.1 Å². The van der Waals surface area contributed by atoms with Crippen molar-refractivity contribution in [3.05, 3.63) is 59.1 Å². The summed E-state index contributed by atoms with van der Waals surface area (Å²) >= 11 is 0. The highest BCUT2D eigenvalue weighted by molar-refractivity contribution is 5.88. The number of nitrogens with one attached hydrogen (secondary N) is 1. The molecule has 0 aliphatic carbocycles. The van der Waals surface area contributed by atoms with Gasteiger partial charge in [-0.05, 0) is 39.1 Å². The first-order valence-electron chi connectivity index (χ1n) is 12.1. The Hall–Kier alpha value is -2.94. The third kappa shape index (κ3) is 3.67. The molecule has 3 rings (SSSR count). The number of aromatic nitrogens is 2. The predicted octanol–water partition coefficient (Wildman–Crippen LogP) is 3.89. The fraction of sp³-hybridized carbons (Fsp3) is 0.400. The van der Waals surface area contributed by atoms with E-state index in [0.29, 0.717) is 6.42 Å². The minimum Gasteiger partial charge on any atom is -0.340 e. The monoisotopic (exact) mass is 357 g/mol. The summed E-state index contributed by atoms with van der Waals surface area (Å²) in [6.45, 7) is 7.33. The quantitative estimate of drug-likeness (QED) is 0.843. The van der Waals surface area contributed by atoms with Crippen LogP contribution in [0.2, 0.25) is 0 Å². The second kappa shape index (κ2) is 7.12. The molecule has 6 heteroatoms. The molecule has 1 fully saturated rings. The number of hydrogen-bond acceptors (Lipinski definition) is 4. The second-order valence-corrected chi connectivity index (χ2v) is 6.38. The van der Waals surface area contributed by atoms with Gasteiger partial charge in [0.25, 0.3) is 0 Å². The molecule has 1 saturated heterocycles. The molecule has 1 amide bonds. The van der Waals surface area contributed by atoms with Gasteiger partial charge in [-0.1, -0.05) is 29.7 Å². The Kier molecular flexibility index (Phi) is 2.81. The first-order valence-corrected chi connectivity index (χ1v) is 8.06. The van der Waals surface area contributed by atoms with E-state index in [9.17, 15) is 4.79 Å². The highest BCUT2D eigenvalue weighted by Crippen LogP contribution is 2.34. The van der Waals surface area contributed by atoms with E-state index in [1.165, 1.54) is 17.3 Å². The Morgan fingerprint density at radius 1 is 1.42 bits per heavy atom. The van der Waals surface area contributed by atoms with Crippen molar-refractivity contribution in [2.75, 3.05) is 11.9 Å². The normalized spacial score (nSPS) is 24.7. The van der Waals surface area contributed by atoms with Crippen LogP contribution in [0, 0.1) is 13.4 Å². The molecule has 1 aliphatic rings. The van der Waals surface area contributed by atoms with Crippen molar-refractivity contribution < 1.29 is 15.8 Å². The molecule has 1 aliphatic heterocycles. The first kappa shape index (κ1) is 10.3. The molecule has 2 heterocycles. The maximum absolute atomic E-state index is 13.5. The molecule has 0 unspecified atom stereocenters. The number of carbonyl (C=O) groups is 1. The van der Waals surface area contributed by atoms with Crippen molar-refractivity contribution in [2.24, 2.45) is 0 Å². The van der Waals surface area contributed by atoms with Gasteiger partial charge in [-0.25, -0.2) is 14.8 Å². The van der Waals surface area contributed by atoms with Crippen molar-refractivity contribution >= 4 is 17.5 Å². The van der Waals surface area contributed by atoms with Crippen LogP contribution in [0.5, 0.6) is 0 Å². The molecule has 1 aromatic carbocycles. The Morgan fingerprint density at radius 3 is 2.73 bits per heavy atom. The van der Waals surface area contributed by atoms with E-state index < -0.39 is 54.0 Å². The minimum atomic E-state index is -2.87. The molecule has 0 bridgehead atoms. The van der Waals surface area contributed by atoms with Gasteiger partial charge in [0.15, 0.2) is 0 Å². The van der Waals surface area contributed by atoms with E-state index in [-0.39, 0.29) is 30.2 Å². The molecule has 0 spiro atoms. The van der Waals surface area contributed by atoms with Crippen LogP contribution in [0.15, 0.2) is 36.6 Å². The van der Waals surface area contributed by atoms with Crippen LogP contribution in [0.1, 0.15) is 54.8 Å². The van der Waals surface area contributed by atoms with Crippen molar-refractivity contribution in [3.63, 3.8) is 0 Å². The van der Waals surface area contributed by atoms with Gasteiger partial charge in [0.1, 0.15) is 5.54 Å². The van der Waals surface area contributed by atoms with Crippen LogP contribution < -0.4 is 5.32 Å². The lowest BCUT2D eigenvalue weighted by Crippen LogP contribution is -2.50. The largest absolute Gasteiger partial charge is 0.340 e. The van der Waals surface area contributed by atoms with Gasteiger partial charge in [-0.15, -0.1) is 0 Å². The average Bonchev–Trinajstić information content (AvgIpc) is 3.13. The summed E-state index contributed by atoms with van der Waals surface area (Å²) in [5.74, 6) is -0.471. The lowest BCUT2D eigenvalue weighted by molar-refractivity contribution is -0.136. The van der Waals surface area contributed by atoms with Crippen LogP contribution in [0.3, 0.4) is 0 Å². The molecular formula is C20H23N5O. The van der Waals surface area contributed by atoms with Crippen LogP contribution in [-0.2, 0) is 4.79 Å². The molecule has 2 aromatic rings. The first-order chi connectivity index (χ1) is 15.6. The average molecular weight is 357 g/mol. The number of benzene rings is 1. The SMILES string of the molecule is [2H]c1c([2H])c([C@]2([2H])CCCN2C(=O)C(C)(C)Nc2ncc([N+]#[C-])cn2)c([2H])c([2H])c1C([2H])([2H])[2H]. The fourth-order valence-electron chi connectivity index (χ4n) is 2.73. The van der Waals surface area contributed by atoms with Gasteiger partial charge < -0.3 is 10.2 Å². The summed E-state index contributed by atoms with van der Waals surface area (Å²) in [6.07, 6.45) is 3.02. The molecule has 26 heavy (non-hydrogen) atoms. The summed E-state index contributed by atoms with van der Waals surface area (Å²) in [5.41, 5.74) is -2.15. The standard InChI is InChI=1S/C20H23N5O/c1-14-7-9-15(10-8-14)17-6-5-11-25(17)18(26)20(2,3)24-19-22-12-16(21-4)13-23-19/h7-10,12-13,17H,5-6,11H2,1-3H3,(H,22,23,24)/t17-/m0/s1/i1D3,7D,8D,9D,10D,17D. The summed E-state index contributed by atoms with van der Waals surface area (Å²) in [4.78, 5) is 25.9. The van der Waals surface area contributed by atoms with E-state index in [1.54, 1.807) is 13.8 Å². The van der Waals surface area contributed by atoms with Crippen LogP contribution in [0.25, 0.3) is 4.85 Å². The molecule has 1 N–H and O–H groups in total. The summed E-state index contributed by atoms with van der Waals surface area (Å²) < 4.78 is 64.9. The van der Waals surface area contributed by atoms with E-state index in [4.69, 9.17) is 17.5 Å². The maximum atomic E-state index is 13.5. The second-order valence-electron chi connectivity index (χ2n) is 6.38. The minimum absolute atomic E-state index is 0.0504. The van der Waals surface area contributed by atoms with Gasteiger partial charge in [-0.2, -0.15) is 0 Å². The molecular weight excluding hydrogens is 326 g/mol. The third-order valence-corrected chi connectivity index (χ3v) is 4.01. The molecule has 1 atom stereocenters. The maximum Gasteiger partial charge on any atom is 0.248 e. The predicted molar refractivity (Wildman–Crippen MR) is 101 cm³/mol. The zero-order valence-electron chi connectivity index (χ0n) is 22.5. The van der Waals surface area contributed by atoms with Crippen molar-refractivity contribution in [3.8, 4) is 0 Å². The van der Waals surface area contributed by atoms with Gasteiger partial charge in [-0.3, -0.25) is 4.79 Å². The lowest BCUT2D eigenvalue weighted by atomic mass is 9.99. The Morgan fingerprint density at radius 2 is 2.12 bits per heavy atom. The Bertz CT molecular complexity index is 1150. The number of anilines is 1. The number of rotatable bonds is 4. The van der Waals surface area contributed by atoms with Crippen molar-refractivity contribution in [1.82, 2.24) is 14.9 Å². The summed E-state index contributed by atoms with van der Waals surface area (Å²) in [6, 6.07) is -4.71. The number of amides is 1. The third-order valence-electron chi connectivity index (χ3n) is 4.01. The lowest BCUT2D eigenvalue weighted by Gasteiger charge is -2.34. The zero-order valence-corrected chi connectivity index (χ0v) is 14.5. The number of likely N-dealkylation sites (tertiary alicyclic amines) is 1. The topological polar surface area (TPSA) is 62.5 Å². The molecule has 0 radical (unpaired) electrons. The summed E-state index contributed by atoms with van der Waals surface area (Å²) in [7, 11) is 0. The van der Waals surface area contributed by atoms with Crippen molar-refractivity contribution in [1.29, 1.82) is 0 Å². The van der Waals surface area contributed by atoms with Gasteiger partial charge in [0.2, 0.25) is 17.5 Å². The molecule has 1 aromatic heterocycles. The fourth-order valence-corrected chi connectivity index (χ4v) is 2.73. The zero-order chi connectivity index (χ0) is 25.6. The van der Waals surface area contributed by atoms with Crippen molar-refractivity contribution in [2.45, 2.75) is 45.1 Å². The van der Waals surface area contributed by atoms with Crippen LogP contribution >= 0.6 is 0 Å². The van der Waals surface area contributed by atoms with E-state index in [2.05, 4.69) is 20.1 Å². The van der Waals surface area contributed by atoms with Crippen LogP contribution in [-0.4, -0.2) is 32.9 Å². The van der Waals surface area contributed by atoms with Crippen LogP contribution in [0.4, 0.5) is 11.6 Å². The van der Waals surface area contributed by atoms with E-state index in [1.807, 2.05) is 0 Å². The molecule has 0 saturated carbocycles. The Balaban J connectivity index is 2.03. The smallest absolute Gasteiger partial charge is 0.248 e. The highest BCUT2D eigenvalue weighted by Gasteiger charge is 2.38. The van der Waals surface area contributed by atoms with E-state index in [0.717, 1.165) is 0 Å². The molecule has 134 valence electrons. The number of hydrogen-bond donors (Lipinski definition) is 1. The van der Waals surface area contributed by atoms with E-state index >= 15 is 0 Å². The number of nitrogens with zero attached hydrogens (tertiary/aromatic N) is 4. The number of carbonyl (C=O) groups excluding carboxylic acids is 1. The molecule has 6 nitrogen and oxygen atoms in total. The highest BCUT2D eigenvalue weighted by atomic mass is 16.2. The van der Waals surface area contributed by atoms with Gasteiger partial charge >= 0.3 is 0 Å².